The van der Waals surface area contributed by atoms with Gasteiger partial charge in [0.2, 0.25) is 0 Å². The molecule has 0 bridgehead atoms. The maximum Gasteiger partial charge on any atom is 0.00933 e. The van der Waals surface area contributed by atoms with Gasteiger partial charge in [-0.3, -0.25) is 0 Å². The first kappa shape index (κ1) is 9.05. The summed E-state index contributed by atoms with van der Waals surface area (Å²) in [5.74, 6) is 1.61. The third-order valence-corrected chi connectivity index (χ3v) is 2.83. The topological polar surface area (TPSA) is 12.0 Å². The first-order valence-electron chi connectivity index (χ1n) is 4.87. The molecule has 0 aromatic heterocycles. The van der Waals surface area contributed by atoms with Crippen molar-refractivity contribution in [3.05, 3.63) is 0 Å². The van der Waals surface area contributed by atoms with E-state index in [1.807, 2.05) is 0 Å². The van der Waals surface area contributed by atoms with Gasteiger partial charge in [0.05, 0.1) is 0 Å². The molecule has 0 saturated carbocycles. The molecule has 1 nitrogen and oxygen atoms in total. The number of nitrogens with one attached hydrogen (secondary N) is 1. The lowest BCUT2D eigenvalue weighted by molar-refractivity contribution is 0.386. The minimum atomic E-state index is 0.780. The third-order valence-electron chi connectivity index (χ3n) is 2.83. The van der Waals surface area contributed by atoms with E-state index in [1.165, 1.54) is 12.8 Å². The highest BCUT2D eigenvalue weighted by atomic mass is 15.0. The zero-order valence-corrected chi connectivity index (χ0v) is 8.22. The minimum absolute atomic E-state index is 0.780. The van der Waals surface area contributed by atoms with Crippen molar-refractivity contribution in [2.45, 2.75) is 52.6 Å². The maximum absolute atomic E-state index is 3.69. The minimum Gasteiger partial charge on any atom is -0.311 e. The van der Waals surface area contributed by atoms with Crippen molar-refractivity contribution in [3.63, 3.8) is 0 Å². The molecule has 0 aromatic carbocycles. The van der Waals surface area contributed by atoms with Gasteiger partial charge >= 0.3 is 0 Å². The van der Waals surface area contributed by atoms with Crippen LogP contribution < -0.4 is 5.32 Å². The normalized spacial score (nSPS) is 32.2. The summed E-state index contributed by atoms with van der Waals surface area (Å²) in [7, 11) is 0. The van der Waals surface area contributed by atoms with E-state index in [-0.39, 0.29) is 0 Å². The highest BCUT2D eigenvalue weighted by Gasteiger charge is 2.27. The summed E-state index contributed by atoms with van der Waals surface area (Å²) in [6.07, 6.45) is 2.75. The Balaban J connectivity index is 2.35. The Bertz CT molecular complexity index is 104. The molecule has 2 atom stereocenters. The average molecular weight is 155 g/mol. The highest BCUT2D eigenvalue weighted by Crippen LogP contribution is 2.22. The molecular weight excluding hydrogens is 134 g/mol. The Morgan fingerprint density at radius 1 is 0.909 bits per heavy atom. The summed E-state index contributed by atoms with van der Waals surface area (Å²) in [4.78, 5) is 0. The Hall–Kier alpha value is -0.0400. The zero-order valence-electron chi connectivity index (χ0n) is 8.22. The molecule has 1 aliphatic heterocycles. The molecule has 0 amide bonds. The van der Waals surface area contributed by atoms with E-state index < -0.39 is 0 Å². The Labute approximate surface area is 70.6 Å². The Morgan fingerprint density at radius 3 is 1.45 bits per heavy atom. The second-order valence-electron chi connectivity index (χ2n) is 4.45. The van der Waals surface area contributed by atoms with Gasteiger partial charge in [-0.2, -0.15) is 0 Å². The van der Waals surface area contributed by atoms with Gasteiger partial charge in [0.15, 0.2) is 0 Å². The highest BCUT2D eigenvalue weighted by molar-refractivity contribution is 4.86. The molecule has 0 radical (unpaired) electrons. The predicted octanol–water partition coefficient (Wildman–Crippen LogP) is 2.42. The van der Waals surface area contributed by atoms with Gasteiger partial charge < -0.3 is 5.32 Å². The molecule has 0 aromatic rings. The Kier molecular flexibility index (Phi) is 2.94. The van der Waals surface area contributed by atoms with Crippen LogP contribution in [0, 0.1) is 11.8 Å². The van der Waals surface area contributed by atoms with Gasteiger partial charge in [0.1, 0.15) is 0 Å². The van der Waals surface area contributed by atoms with Gasteiger partial charge in [-0.1, -0.05) is 27.7 Å². The van der Waals surface area contributed by atoms with E-state index in [4.69, 9.17) is 0 Å². The molecule has 0 aliphatic carbocycles. The third kappa shape index (κ3) is 2.19. The van der Waals surface area contributed by atoms with E-state index in [0.717, 1.165) is 23.9 Å². The van der Waals surface area contributed by atoms with Crippen LogP contribution in [0.1, 0.15) is 40.5 Å². The fourth-order valence-electron chi connectivity index (χ4n) is 1.85. The van der Waals surface area contributed by atoms with Crippen LogP contribution in [0.3, 0.4) is 0 Å². The van der Waals surface area contributed by atoms with E-state index in [1.54, 1.807) is 0 Å². The van der Waals surface area contributed by atoms with Crippen LogP contribution >= 0.6 is 0 Å². The van der Waals surface area contributed by atoms with Crippen LogP contribution in [0.15, 0.2) is 0 Å². The van der Waals surface area contributed by atoms with Gasteiger partial charge in [-0.25, -0.2) is 0 Å². The average Bonchev–Trinajstić information content (AvgIpc) is 2.33. The lowest BCUT2D eigenvalue weighted by Crippen LogP contribution is -2.35. The van der Waals surface area contributed by atoms with Crippen LogP contribution in [0.2, 0.25) is 0 Å². The molecule has 1 saturated heterocycles. The summed E-state index contributed by atoms with van der Waals surface area (Å²) >= 11 is 0. The van der Waals surface area contributed by atoms with E-state index >= 15 is 0 Å². The molecule has 0 spiro atoms. The van der Waals surface area contributed by atoms with Gasteiger partial charge in [0, 0.05) is 12.1 Å². The largest absolute Gasteiger partial charge is 0.311 e. The smallest absolute Gasteiger partial charge is 0.00933 e. The zero-order chi connectivity index (χ0) is 8.43. The van der Waals surface area contributed by atoms with Crippen LogP contribution in [-0.2, 0) is 0 Å². The lowest BCUT2D eigenvalue weighted by Gasteiger charge is -2.19. The summed E-state index contributed by atoms with van der Waals surface area (Å²) in [5, 5.41) is 3.69. The van der Waals surface area contributed by atoms with Crippen molar-refractivity contribution in [2.24, 2.45) is 11.8 Å². The second kappa shape index (κ2) is 3.57. The molecule has 1 heteroatoms. The molecular formula is C10H21N. The number of hydrogen-bond donors (Lipinski definition) is 1. The fraction of sp³-hybridized carbons (Fsp3) is 1.00. The molecule has 0 unspecified atom stereocenters. The van der Waals surface area contributed by atoms with Crippen LogP contribution in [0.5, 0.6) is 0 Å². The first-order chi connectivity index (χ1) is 5.11. The number of rotatable bonds is 2. The molecule has 11 heavy (non-hydrogen) atoms. The summed E-state index contributed by atoms with van der Waals surface area (Å²) in [6.45, 7) is 9.22. The van der Waals surface area contributed by atoms with Gasteiger partial charge in [0.25, 0.3) is 0 Å². The standard InChI is InChI=1S/C10H21N/c1-7(2)9-5-6-10(11-9)8(3)4/h7-11H,5-6H2,1-4H3/t9-,10-/m1/s1. The van der Waals surface area contributed by atoms with Crippen molar-refractivity contribution >= 4 is 0 Å². The molecule has 1 aliphatic rings. The summed E-state index contributed by atoms with van der Waals surface area (Å²) in [5.41, 5.74) is 0. The SMILES string of the molecule is CC(C)[C@H]1CC[C@H](C(C)C)N1. The van der Waals surface area contributed by atoms with Crippen molar-refractivity contribution in [3.8, 4) is 0 Å². The number of hydrogen-bond acceptors (Lipinski definition) is 1. The molecule has 66 valence electrons. The van der Waals surface area contributed by atoms with Crippen molar-refractivity contribution < 1.29 is 0 Å². The van der Waals surface area contributed by atoms with Crippen molar-refractivity contribution in [1.29, 1.82) is 0 Å². The van der Waals surface area contributed by atoms with Crippen molar-refractivity contribution in [2.75, 3.05) is 0 Å². The molecule has 1 rings (SSSR count). The van der Waals surface area contributed by atoms with E-state index in [0.29, 0.717) is 0 Å². The molecule has 1 fully saturated rings. The van der Waals surface area contributed by atoms with Crippen molar-refractivity contribution in [1.82, 2.24) is 5.32 Å². The van der Waals surface area contributed by atoms with Crippen LogP contribution in [0.4, 0.5) is 0 Å². The predicted molar refractivity (Wildman–Crippen MR) is 49.6 cm³/mol. The summed E-state index contributed by atoms with van der Waals surface area (Å²) in [6, 6.07) is 1.56. The first-order valence-corrected chi connectivity index (χ1v) is 4.87. The van der Waals surface area contributed by atoms with Crippen LogP contribution in [0.25, 0.3) is 0 Å². The molecule has 1 heterocycles. The Morgan fingerprint density at radius 2 is 1.27 bits per heavy atom. The van der Waals surface area contributed by atoms with Crippen LogP contribution in [-0.4, -0.2) is 12.1 Å². The second-order valence-corrected chi connectivity index (χ2v) is 4.45. The fourth-order valence-corrected chi connectivity index (χ4v) is 1.85. The van der Waals surface area contributed by atoms with E-state index in [2.05, 4.69) is 33.0 Å². The molecule has 1 N–H and O–H groups in total. The monoisotopic (exact) mass is 155 g/mol. The maximum atomic E-state index is 3.69. The van der Waals surface area contributed by atoms with Gasteiger partial charge in [-0.05, 0) is 24.7 Å². The quantitative estimate of drug-likeness (QED) is 0.645. The van der Waals surface area contributed by atoms with Gasteiger partial charge in [-0.15, -0.1) is 0 Å². The summed E-state index contributed by atoms with van der Waals surface area (Å²) < 4.78 is 0. The lowest BCUT2D eigenvalue weighted by atomic mass is 10.0. The van der Waals surface area contributed by atoms with E-state index in [9.17, 15) is 0 Å².